The van der Waals surface area contributed by atoms with E-state index in [-0.39, 0.29) is 0 Å². The highest BCUT2D eigenvalue weighted by Crippen LogP contribution is 2.36. The third-order valence-corrected chi connectivity index (χ3v) is 8.83. The molecule has 7 rings (SSSR count). The molecule has 0 aliphatic heterocycles. The lowest BCUT2D eigenvalue weighted by molar-refractivity contribution is -0.131. The van der Waals surface area contributed by atoms with Crippen molar-refractivity contribution in [1.82, 2.24) is 0 Å². The Balaban J connectivity index is 1.26. The molecule has 3 heteroatoms. The Morgan fingerprint density at radius 2 is 0.673 bits per heavy atom. The number of aliphatic carboxylic acids is 1. The third kappa shape index (κ3) is 8.24. The zero-order valence-corrected chi connectivity index (χ0v) is 28.6. The van der Waals surface area contributed by atoms with Crippen LogP contribution in [0.5, 0.6) is 0 Å². The molecule has 0 bridgehead atoms. The molecule has 0 atom stereocenters. The predicted octanol–water partition coefficient (Wildman–Crippen LogP) is 12.4. The molecule has 0 amide bonds. The summed E-state index contributed by atoms with van der Waals surface area (Å²) in [5, 5.41) is 9.12. The molecule has 7 aromatic rings. The topological polar surface area (TPSA) is 40.5 Å². The fraction of sp³-hybridized carbons (Fsp3) is 0. The van der Waals surface area contributed by atoms with Crippen LogP contribution in [0.4, 0.5) is 17.1 Å². The highest BCUT2D eigenvalue weighted by Gasteiger charge is 2.14. The molecule has 250 valence electrons. The van der Waals surface area contributed by atoms with Gasteiger partial charge in [-0.3, -0.25) is 0 Å². The summed E-state index contributed by atoms with van der Waals surface area (Å²) >= 11 is 0. The summed E-state index contributed by atoms with van der Waals surface area (Å²) in [6, 6.07) is 67.0. The predicted molar refractivity (Wildman–Crippen MR) is 218 cm³/mol. The Morgan fingerprint density at radius 1 is 0.385 bits per heavy atom. The van der Waals surface area contributed by atoms with Crippen LogP contribution in [-0.4, -0.2) is 11.1 Å². The number of anilines is 3. The maximum absolute atomic E-state index is 11.1. The van der Waals surface area contributed by atoms with E-state index in [1.165, 1.54) is 0 Å². The van der Waals surface area contributed by atoms with Crippen molar-refractivity contribution in [3.8, 4) is 0 Å². The van der Waals surface area contributed by atoms with Crippen molar-refractivity contribution < 1.29 is 9.90 Å². The number of rotatable bonds is 11. The first-order valence-corrected chi connectivity index (χ1v) is 17.3. The van der Waals surface area contributed by atoms with Gasteiger partial charge >= 0.3 is 5.97 Å². The van der Waals surface area contributed by atoms with Crippen molar-refractivity contribution in [1.29, 1.82) is 0 Å². The minimum absolute atomic E-state index is 0.816. The van der Waals surface area contributed by atoms with Crippen LogP contribution in [0.1, 0.15) is 38.9 Å². The van der Waals surface area contributed by atoms with Crippen LogP contribution in [0.2, 0.25) is 0 Å². The standard InChI is InChI=1S/C49H37NO2/c51-49(52)34-27-37-21-28-44(29-22-37)50(45-30-23-38(24-31-45)35-47(40-13-5-1-6-14-40)41-15-7-2-8-16-41)46-32-25-39(26-33-46)36-48(42-17-9-3-10-18-42)43-19-11-4-12-20-43/h1-36H,(H,51,52)/b34-27-. The van der Waals surface area contributed by atoms with Crippen LogP contribution in [0.15, 0.2) is 200 Å². The lowest BCUT2D eigenvalue weighted by Crippen LogP contribution is -2.09. The Labute approximate surface area is 305 Å². The smallest absolute Gasteiger partial charge is 0.328 e. The van der Waals surface area contributed by atoms with E-state index in [2.05, 4.69) is 163 Å². The highest BCUT2D eigenvalue weighted by atomic mass is 16.4. The molecule has 0 aliphatic rings. The summed E-state index contributed by atoms with van der Waals surface area (Å²) in [5.74, 6) is -0.973. The maximum atomic E-state index is 11.1. The van der Waals surface area contributed by atoms with E-state index in [0.717, 1.165) is 73.2 Å². The third-order valence-electron chi connectivity index (χ3n) is 8.83. The monoisotopic (exact) mass is 671 g/mol. The fourth-order valence-corrected chi connectivity index (χ4v) is 6.26. The fourth-order valence-electron chi connectivity index (χ4n) is 6.26. The lowest BCUT2D eigenvalue weighted by Gasteiger charge is -2.26. The van der Waals surface area contributed by atoms with Crippen molar-refractivity contribution in [3.05, 3.63) is 239 Å². The molecule has 0 spiro atoms. The summed E-state index contributed by atoms with van der Waals surface area (Å²) in [6.07, 6.45) is 7.23. The number of benzene rings is 7. The Kier molecular flexibility index (Phi) is 10.4. The molecule has 1 N–H and O–H groups in total. The molecular formula is C49H37NO2. The first-order valence-electron chi connectivity index (χ1n) is 17.3. The van der Waals surface area contributed by atoms with Gasteiger partial charge in [0.05, 0.1) is 0 Å². The Bertz CT molecular complexity index is 2090. The van der Waals surface area contributed by atoms with E-state index in [1.807, 2.05) is 48.5 Å². The second-order valence-electron chi connectivity index (χ2n) is 12.4. The van der Waals surface area contributed by atoms with Gasteiger partial charge in [0.1, 0.15) is 0 Å². The summed E-state index contributed by atoms with van der Waals surface area (Å²) in [5.41, 5.74) is 12.9. The van der Waals surface area contributed by atoms with Gasteiger partial charge in [0.15, 0.2) is 0 Å². The molecule has 0 aromatic heterocycles. The second-order valence-corrected chi connectivity index (χ2v) is 12.4. The maximum Gasteiger partial charge on any atom is 0.328 e. The molecule has 0 radical (unpaired) electrons. The van der Waals surface area contributed by atoms with Crippen LogP contribution in [0, 0.1) is 0 Å². The number of carboxylic acid groups (broad SMARTS) is 1. The normalized spacial score (nSPS) is 10.8. The zero-order valence-electron chi connectivity index (χ0n) is 28.6. The quantitative estimate of drug-likeness (QED) is 0.110. The van der Waals surface area contributed by atoms with Crippen LogP contribution in [-0.2, 0) is 4.79 Å². The summed E-state index contributed by atoms with van der Waals surface area (Å²) in [4.78, 5) is 13.3. The molecule has 0 unspecified atom stereocenters. The molecule has 3 nitrogen and oxygen atoms in total. The van der Waals surface area contributed by atoms with Gasteiger partial charge in [0.2, 0.25) is 0 Å². The van der Waals surface area contributed by atoms with Gasteiger partial charge in [-0.05, 0) is 105 Å². The van der Waals surface area contributed by atoms with E-state index < -0.39 is 5.97 Å². The van der Waals surface area contributed by atoms with Crippen LogP contribution < -0.4 is 4.90 Å². The minimum atomic E-state index is -0.973. The van der Waals surface area contributed by atoms with Crippen LogP contribution in [0.3, 0.4) is 0 Å². The van der Waals surface area contributed by atoms with Crippen molar-refractivity contribution in [3.63, 3.8) is 0 Å². The van der Waals surface area contributed by atoms with Gasteiger partial charge in [-0.1, -0.05) is 158 Å². The van der Waals surface area contributed by atoms with Gasteiger partial charge in [0, 0.05) is 23.1 Å². The van der Waals surface area contributed by atoms with Crippen LogP contribution in [0.25, 0.3) is 29.4 Å². The molecule has 0 saturated carbocycles. The average molecular weight is 672 g/mol. The largest absolute Gasteiger partial charge is 0.478 e. The Morgan fingerprint density at radius 3 is 0.962 bits per heavy atom. The van der Waals surface area contributed by atoms with Gasteiger partial charge in [-0.2, -0.15) is 0 Å². The highest BCUT2D eigenvalue weighted by molar-refractivity contribution is 5.93. The van der Waals surface area contributed by atoms with E-state index in [4.69, 9.17) is 5.11 Å². The first kappa shape index (κ1) is 33.5. The SMILES string of the molecule is O=C(O)/C=C\c1ccc(N(c2ccc(C=C(c3ccccc3)c3ccccc3)cc2)c2ccc(C=C(c3ccccc3)c3ccccc3)cc2)cc1. The molecule has 7 aromatic carbocycles. The molecule has 52 heavy (non-hydrogen) atoms. The minimum Gasteiger partial charge on any atom is -0.478 e. The number of carboxylic acids is 1. The lowest BCUT2D eigenvalue weighted by atomic mass is 9.95. The second kappa shape index (κ2) is 16.2. The summed E-state index contributed by atoms with van der Waals surface area (Å²) in [7, 11) is 0. The molecule has 0 saturated heterocycles. The van der Waals surface area contributed by atoms with Gasteiger partial charge in [-0.25, -0.2) is 4.79 Å². The number of hydrogen-bond donors (Lipinski definition) is 1. The van der Waals surface area contributed by atoms with Crippen molar-refractivity contribution in [2.24, 2.45) is 0 Å². The molecule has 0 heterocycles. The van der Waals surface area contributed by atoms with E-state index >= 15 is 0 Å². The zero-order chi connectivity index (χ0) is 35.5. The van der Waals surface area contributed by atoms with Crippen molar-refractivity contribution >= 4 is 52.4 Å². The number of nitrogens with zero attached hydrogens (tertiary/aromatic N) is 1. The van der Waals surface area contributed by atoms with Gasteiger partial charge in [0.25, 0.3) is 0 Å². The Hall–Kier alpha value is -6.97. The molecule has 0 aliphatic carbocycles. The van der Waals surface area contributed by atoms with E-state index in [1.54, 1.807) is 6.08 Å². The molecular weight excluding hydrogens is 635 g/mol. The molecule has 0 fully saturated rings. The van der Waals surface area contributed by atoms with Gasteiger partial charge in [-0.15, -0.1) is 0 Å². The van der Waals surface area contributed by atoms with E-state index in [0.29, 0.717) is 0 Å². The van der Waals surface area contributed by atoms with Crippen molar-refractivity contribution in [2.75, 3.05) is 4.90 Å². The summed E-state index contributed by atoms with van der Waals surface area (Å²) < 4.78 is 0. The van der Waals surface area contributed by atoms with E-state index in [9.17, 15) is 4.79 Å². The number of hydrogen-bond acceptors (Lipinski definition) is 2. The van der Waals surface area contributed by atoms with Crippen molar-refractivity contribution in [2.45, 2.75) is 0 Å². The average Bonchev–Trinajstić information content (AvgIpc) is 3.21. The first-order chi connectivity index (χ1) is 25.6. The van der Waals surface area contributed by atoms with Gasteiger partial charge < -0.3 is 10.0 Å². The number of carbonyl (C=O) groups is 1. The van der Waals surface area contributed by atoms with Crippen LogP contribution >= 0.6 is 0 Å². The summed E-state index contributed by atoms with van der Waals surface area (Å²) in [6.45, 7) is 0.